The molecule has 0 nitrogen and oxygen atoms in total. The van der Waals surface area contributed by atoms with Crippen LogP contribution in [0, 0.1) is 0 Å². The van der Waals surface area contributed by atoms with E-state index in [0.717, 1.165) is 8.19 Å². The number of hydrogen-bond acceptors (Lipinski definition) is 0. The predicted octanol–water partition coefficient (Wildman–Crippen LogP) is 6.33. The molecule has 0 spiro atoms. The minimum absolute atomic E-state index is 0.768. The van der Waals surface area contributed by atoms with Gasteiger partial charge in [0, 0.05) is 10.5 Å². The largest absolute Gasteiger partial charge is 0.123 e. The van der Waals surface area contributed by atoms with Crippen LogP contribution in [0.1, 0.15) is 0 Å². The van der Waals surface area contributed by atoms with Crippen molar-refractivity contribution < 1.29 is 0 Å². The molecule has 1 heterocycles. The Morgan fingerprint density at radius 1 is 0.476 bits per heavy atom. The number of benzene rings is 4. The Hall–Kier alpha value is -2.30. The van der Waals surface area contributed by atoms with E-state index in [-0.39, 0.29) is 0 Å². The molecule has 98 valence electrons. The summed E-state index contributed by atoms with van der Waals surface area (Å²) in [6.45, 7) is 0. The number of rotatable bonds is 0. The summed E-state index contributed by atoms with van der Waals surface area (Å²) in [4.78, 5) is 0. The molecule has 0 radical (unpaired) electrons. The highest BCUT2D eigenvalue weighted by atomic mass is 31.0. The van der Waals surface area contributed by atoms with Gasteiger partial charge in [-0.3, -0.25) is 0 Å². The van der Waals surface area contributed by atoms with Gasteiger partial charge in [0.05, 0.1) is 0 Å². The first-order valence-corrected chi connectivity index (χ1v) is 8.23. The van der Waals surface area contributed by atoms with Crippen LogP contribution in [0.25, 0.3) is 42.6 Å². The summed E-state index contributed by atoms with van der Waals surface area (Å²) in [7, 11) is 0.768. The van der Waals surface area contributed by atoms with Crippen LogP contribution in [-0.2, 0) is 0 Å². The molecule has 0 N–H and O–H groups in total. The Morgan fingerprint density at radius 2 is 1.00 bits per heavy atom. The molecule has 5 rings (SSSR count). The highest BCUT2D eigenvalue weighted by Gasteiger charge is 2.11. The molecule has 1 atom stereocenters. The van der Waals surface area contributed by atoms with E-state index in [4.69, 9.17) is 0 Å². The van der Waals surface area contributed by atoms with E-state index in [9.17, 15) is 0 Å². The first-order chi connectivity index (χ1) is 10.4. The van der Waals surface area contributed by atoms with E-state index in [1.54, 1.807) is 0 Å². The standard InChI is InChI=1S/C20H13P/c1-3-9-15-13(7-1)14-8-2-4-10-16(14)20-19(15)17-11-5-6-12-18(17)21-20/h1-12,21H. The second-order valence-electron chi connectivity index (χ2n) is 5.51. The van der Waals surface area contributed by atoms with E-state index in [0.29, 0.717) is 0 Å². The maximum atomic E-state index is 2.28. The van der Waals surface area contributed by atoms with Gasteiger partial charge in [0.2, 0.25) is 0 Å². The van der Waals surface area contributed by atoms with Crippen LogP contribution >= 0.6 is 8.19 Å². The molecule has 1 unspecified atom stereocenters. The number of fused-ring (bicyclic) bond motifs is 8. The Kier molecular flexibility index (Phi) is 2.22. The topological polar surface area (TPSA) is 0 Å². The van der Waals surface area contributed by atoms with Crippen LogP contribution in [0.2, 0.25) is 0 Å². The fraction of sp³-hybridized carbons (Fsp3) is 0. The van der Waals surface area contributed by atoms with Crippen molar-refractivity contribution in [1.82, 2.24) is 0 Å². The molecule has 1 heteroatoms. The molecular formula is C20H13P. The fourth-order valence-electron chi connectivity index (χ4n) is 3.50. The summed E-state index contributed by atoms with van der Waals surface area (Å²) >= 11 is 0. The predicted molar refractivity (Wildman–Crippen MR) is 96.0 cm³/mol. The van der Waals surface area contributed by atoms with Crippen LogP contribution in [0.15, 0.2) is 72.8 Å². The lowest BCUT2D eigenvalue weighted by atomic mass is 9.97. The molecule has 0 saturated heterocycles. The van der Waals surface area contributed by atoms with Crippen molar-refractivity contribution in [1.29, 1.82) is 0 Å². The Balaban J connectivity index is 2.25. The maximum Gasteiger partial charge on any atom is 0.00788 e. The number of hydrogen-bond donors (Lipinski definition) is 0. The van der Waals surface area contributed by atoms with E-state index in [1.807, 2.05) is 0 Å². The molecule has 0 aliphatic carbocycles. The second-order valence-corrected chi connectivity index (χ2v) is 6.80. The third-order valence-corrected chi connectivity index (χ3v) is 5.86. The van der Waals surface area contributed by atoms with Crippen molar-refractivity contribution in [2.45, 2.75) is 0 Å². The minimum atomic E-state index is 0.768. The zero-order chi connectivity index (χ0) is 13.8. The average Bonchev–Trinajstić information content (AvgIpc) is 2.95. The van der Waals surface area contributed by atoms with Gasteiger partial charge >= 0.3 is 0 Å². The lowest BCUT2D eigenvalue weighted by molar-refractivity contribution is 1.81. The lowest BCUT2D eigenvalue weighted by Crippen LogP contribution is -1.79. The Labute approximate surface area is 124 Å². The Morgan fingerprint density at radius 3 is 1.76 bits per heavy atom. The molecule has 0 fully saturated rings. The molecular weight excluding hydrogens is 271 g/mol. The van der Waals surface area contributed by atoms with Crippen molar-refractivity contribution in [3.05, 3.63) is 72.8 Å². The van der Waals surface area contributed by atoms with Gasteiger partial charge in [-0.1, -0.05) is 72.8 Å². The minimum Gasteiger partial charge on any atom is -0.123 e. The van der Waals surface area contributed by atoms with E-state index < -0.39 is 0 Å². The van der Waals surface area contributed by atoms with E-state index in [2.05, 4.69) is 72.8 Å². The van der Waals surface area contributed by atoms with Crippen molar-refractivity contribution >= 4 is 50.7 Å². The van der Waals surface area contributed by atoms with Crippen molar-refractivity contribution in [2.24, 2.45) is 0 Å². The van der Waals surface area contributed by atoms with Crippen molar-refractivity contribution in [2.75, 3.05) is 0 Å². The zero-order valence-electron chi connectivity index (χ0n) is 11.4. The smallest absolute Gasteiger partial charge is 0.00788 e. The first kappa shape index (κ1) is 11.4. The summed E-state index contributed by atoms with van der Waals surface area (Å²) in [5.74, 6) is 0. The molecule has 5 aromatic rings. The van der Waals surface area contributed by atoms with Gasteiger partial charge in [-0.15, -0.1) is 8.19 Å². The maximum absolute atomic E-state index is 2.28. The van der Waals surface area contributed by atoms with Crippen molar-refractivity contribution in [3.8, 4) is 0 Å². The van der Waals surface area contributed by atoms with Gasteiger partial charge < -0.3 is 0 Å². The van der Waals surface area contributed by atoms with Gasteiger partial charge in [-0.2, -0.15) is 0 Å². The zero-order valence-corrected chi connectivity index (χ0v) is 12.4. The third-order valence-electron chi connectivity index (χ3n) is 4.39. The summed E-state index contributed by atoms with van der Waals surface area (Å²) in [6, 6.07) is 26.5. The second kappa shape index (κ2) is 4.10. The summed E-state index contributed by atoms with van der Waals surface area (Å²) in [6.07, 6.45) is 0. The van der Waals surface area contributed by atoms with Gasteiger partial charge in [0.15, 0.2) is 0 Å². The molecule has 1 aromatic heterocycles. The molecule has 4 aromatic carbocycles. The van der Waals surface area contributed by atoms with E-state index >= 15 is 0 Å². The van der Waals surface area contributed by atoms with Gasteiger partial charge in [-0.25, -0.2) is 0 Å². The molecule has 0 amide bonds. The quantitative estimate of drug-likeness (QED) is 0.291. The fourth-order valence-corrected chi connectivity index (χ4v) is 5.03. The molecule has 0 aliphatic rings. The van der Waals surface area contributed by atoms with Gasteiger partial charge in [-0.05, 0) is 32.0 Å². The molecule has 21 heavy (non-hydrogen) atoms. The SMILES string of the molecule is c1ccc2c(c1)[pH]c1c3ccccc3c3ccccc3c21. The highest BCUT2D eigenvalue weighted by molar-refractivity contribution is 7.44. The summed E-state index contributed by atoms with van der Waals surface area (Å²) in [5, 5.41) is 11.4. The third kappa shape index (κ3) is 1.46. The first-order valence-electron chi connectivity index (χ1n) is 7.23. The van der Waals surface area contributed by atoms with Crippen LogP contribution in [0.5, 0.6) is 0 Å². The van der Waals surface area contributed by atoms with Crippen LogP contribution in [0.4, 0.5) is 0 Å². The lowest BCUT2D eigenvalue weighted by Gasteiger charge is -2.07. The van der Waals surface area contributed by atoms with Crippen LogP contribution < -0.4 is 0 Å². The van der Waals surface area contributed by atoms with Gasteiger partial charge in [0.1, 0.15) is 0 Å². The summed E-state index contributed by atoms with van der Waals surface area (Å²) in [5.41, 5.74) is 0. The normalized spacial score (nSPS) is 12.2. The van der Waals surface area contributed by atoms with Crippen LogP contribution in [-0.4, -0.2) is 0 Å². The molecule has 0 aliphatic heterocycles. The Bertz CT molecular complexity index is 1130. The molecule has 0 bridgehead atoms. The van der Waals surface area contributed by atoms with E-state index in [1.165, 1.54) is 42.6 Å². The van der Waals surface area contributed by atoms with Crippen LogP contribution in [0.3, 0.4) is 0 Å². The monoisotopic (exact) mass is 284 g/mol. The summed E-state index contributed by atoms with van der Waals surface area (Å²) < 4.78 is 0. The van der Waals surface area contributed by atoms with Crippen molar-refractivity contribution in [3.63, 3.8) is 0 Å². The van der Waals surface area contributed by atoms with Gasteiger partial charge in [0.25, 0.3) is 0 Å². The average molecular weight is 284 g/mol. The highest BCUT2D eigenvalue weighted by Crippen LogP contribution is 2.45. The molecule has 0 saturated carbocycles.